The minimum atomic E-state index is -0.0916. The maximum Gasteiger partial charge on any atom is 0.234 e. The summed E-state index contributed by atoms with van der Waals surface area (Å²) in [5.74, 6) is -0.137. The largest absolute Gasteiger partial charge is 0.355 e. The maximum absolute atomic E-state index is 11.6. The zero-order chi connectivity index (χ0) is 14.2. The first-order chi connectivity index (χ1) is 8.26. The average molecular weight is 258 g/mol. The number of nitrogens with zero attached hydrogens (tertiary/aromatic N) is 1. The van der Waals surface area contributed by atoms with Crippen molar-refractivity contribution in [3.8, 4) is 0 Å². The van der Waals surface area contributed by atoms with Gasteiger partial charge in [0.2, 0.25) is 11.8 Å². The summed E-state index contributed by atoms with van der Waals surface area (Å²) in [5, 5.41) is 5.36. The van der Waals surface area contributed by atoms with Crippen molar-refractivity contribution in [2.24, 2.45) is 11.1 Å². The van der Waals surface area contributed by atoms with Gasteiger partial charge < -0.3 is 16.4 Å². The van der Waals surface area contributed by atoms with Gasteiger partial charge in [-0.1, -0.05) is 13.8 Å². The highest BCUT2D eigenvalue weighted by Gasteiger charge is 2.19. The van der Waals surface area contributed by atoms with E-state index < -0.39 is 0 Å². The highest BCUT2D eigenvalue weighted by atomic mass is 16.2. The third-order valence-corrected chi connectivity index (χ3v) is 2.49. The lowest BCUT2D eigenvalue weighted by atomic mass is 9.93. The monoisotopic (exact) mass is 258 g/mol. The van der Waals surface area contributed by atoms with Gasteiger partial charge in [-0.2, -0.15) is 0 Å². The van der Waals surface area contributed by atoms with Gasteiger partial charge in [0, 0.05) is 26.6 Å². The van der Waals surface area contributed by atoms with E-state index in [4.69, 9.17) is 5.73 Å². The van der Waals surface area contributed by atoms with Crippen molar-refractivity contribution in [1.29, 1.82) is 0 Å². The second kappa shape index (κ2) is 8.05. The van der Waals surface area contributed by atoms with E-state index in [9.17, 15) is 9.59 Å². The molecule has 0 fully saturated rings. The van der Waals surface area contributed by atoms with Crippen LogP contribution < -0.4 is 16.4 Å². The van der Waals surface area contributed by atoms with Gasteiger partial charge in [0.25, 0.3) is 0 Å². The SMILES string of the molecule is CC(=O)NCCNC(=O)CN(C)CC(C)(C)CN. The first-order valence-corrected chi connectivity index (χ1v) is 6.16. The summed E-state index contributed by atoms with van der Waals surface area (Å²) < 4.78 is 0. The summed E-state index contributed by atoms with van der Waals surface area (Å²) in [5.41, 5.74) is 5.65. The molecule has 2 amide bonds. The molecule has 0 heterocycles. The molecule has 0 aliphatic carbocycles. The van der Waals surface area contributed by atoms with Crippen LogP contribution in [0.1, 0.15) is 20.8 Å². The predicted molar refractivity (Wildman–Crippen MR) is 72.0 cm³/mol. The first kappa shape index (κ1) is 16.9. The zero-order valence-electron chi connectivity index (χ0n) is 11.9. The molecule has 18 heavy (non-hydrogen) atoms. The smallest absolute Gasteiger partial charge is 0.234 e. The topological polar surface area (TPSA) is 87.5 Å². The van der Waals surface area contributed by atoms with Gasteiger partial charge in [0.15, 0.2) is 0 Å². The van der Waals surface area contributed by atoms with E-state index in [1.54, 1.807) is 0 Å². The van der Waals surface area contributed by atoms with Crippen LogP contribution in [0.15, 0.2) is 0 Å². The van der Waals surface area contributed by atoms with Crippen LogP contribution >= 0.6 is 0 Å². The van der Waals surface area contributed by atoms with Crippen molar-refractivity contribution in [2.45, 2.75) is 20.8 Å². The van der Waals surface area contributed by atoms with Crippen LogP contribution in [0.2, 0.25) is 0 Å². The molecular formula is C12H26N4O2. The van der Waals surface area contributed by atoms with Crippen molar-refractivity contribution in [1.82, 2.24) is 15.5 Å². The number of hydrogen-bond acceptors (Lipinski definition) is 4. The van der Waals surface area contributed by atoms with Crippen molar-refractivity contribution in [2.75, 3.05) is 39.8 Å². The Labute approximate surface area is 109 Å². The number of hydrogen-bond donors (Lipinski definition) is 3. The molecule has 0 aromatic rings. The fraction of sp³-hybridized carbons (Fsp3) is 0.833. The normalized spacial score (nSPS) is 11.4. The molecule has 4 N–H and O–H groups in total. The molecule has 6 nitrogen and oxygen atoms in total. The van der Waals surface area contributed by atoms with E-state index in [-0.39, 0.29) is 17.2 Å². The van der Waals surface area contributed by atoms with Crippen LogP contribution in [-0.4, -0.2) is 56.5 Å². The molecule has 0 radical (unpaired) electrons. The number of likely N-dealkylation sites (N-methyl/N-ethyl adjacent to an activating group) is 1. The van der Waals surface area contributed by atoms with E-state index >= 15 is 0 Å². The summed E-state index contributed by atoms with van der Waals surface area (Å²) >= 11 is 0. The van der Waals surface area contributed by atoms with E-state index in [0.717, 1.165) is 6.54 Å². The summed E-state index contributed by atoms with van der Waals surface area (Å²) in [6.07, 6.45) is 0. The quantitative estimate of drug-likeness (QED) is 0.495. The van der Waals surface area contributed by atoms with Gasteiger partial charge in [-0.05, 0) is 19.0 Å². The number of nitrogens with one attached hydrogen (secondary N) is 2. The third-order valence-electron chi connectivity index (χ3n) is 2.49. The van der Waals surface area contributed by atoms with Crippen molar-refractivity contribution in [3.05, 3.63) is 0 Å². The van der Waals surface area contributed by atoms with Crippen LogP contribution in [0.3, 0.4) is 0 Å². The van der Waals surface area contributed by atoms with Crippen molar-refractivity contribution >= 4 is 11.8 Å². The molecule has 0 aromatic carbocycles. The molecular weight excluding hydrogens is 232 g/mol. The summed E-state index contributed by atoms with van der Waals surface area (Å²) in [6.45, 7) is 8.18. The lowest BCUT2D eigenvalue weighted by molar-refractivity contribution is -0.123. The molecule has 0 rings (SSSR count). The van der Waals surface area contributed by atoms with Crippen LogP contribution in [0.25, 0.3) is 0 Å². The Hall–Kier alpha value is -1.14. The molecule has 0 aliphatic rings. The molecule has 0 aromatic heterocycles. The van der Waals surface area contributed by atoms with Gasteiger partial charge in [0.1, 0.15) is 0 Å². The Balaban J connectivity index is 3.77. The molecule has 6 heteroatoms. The summed E-state index contributed by atoms with van der Waals surface area (Å²) in [4.78, 5) is 24.1. The molecule has 0 saturated carbocycles. The molecule has 0 bridgehead atoms. The highest BCUT2D eigenvalue weighted by Crippen LogP contribution is 2.13. The Kier molecular flexibility index (Phi) is 7.54. The lowest BCUT2D eigenvalue weighted by Gasteiger charge is -2.28. The number of nitrogens with two attached hydrogens (primary N) is 1. The highest BCUT2D eigenvalue weighted by molar-refractivity contribution is 5.78. The van der Waals surface area contributed by atoms with Crippen molar-refractivity contribution in [3.63, 3.8) is 0 Å². The summed E-state index contributed by atoms with van der Waals surface area (Å²) in [7, 11) is 1.89. The van der Waals surface area contributed by atoms with Crippen LogP contribution in [-0.2, 0) is 9.59 Å². The standard InChI is InChI=1S/C12H26N4O2/c1-10(17)14-5-6-15-11(18)7-16(4)9-12(2,3)8-13/h5-9,13H2,1-4H3,(H,14,17)(H,15,18). The number of rotatable bonds is 8. The molecule has 0 unspecified atom stereocenters. The fourth-order valence-electron chi connectivity index (χ4n) is 1.59. The van der Waals surface area contributed by atoms with E-state index in [0.29, 0.717) is 26.2 Å². The molecule has 106 valence electrons. The lowest BCUT2D eigenvalue weighted by Crippen LogP contribution is -2.43. The number of carbonyl (C=O) groups is 2. The Morgan fingerprint density at radius 3 is 2.28 bits per heavy atom. The minimum Gasteiger partial charge on any atom is -0.355 e. The van der Waals surface area contributed by atoms with Gasteiger partial charge >= 0.3 is 0 Å². The Morgan fingerprint density at radius 2 is 1.78 bits per heavy atom. The molecule has 0 spiro atoms. The van der Waals surface area contributed by atoms with Crippen LogP contribution in [0, 0.1) is 5.41 Å². The van der Waals surface area contributed by atoms with Gasteiger partial charge in [-0.3, -0.25) is 14.5 Å². The molecule has 0 saturated heterocycles. The van der Waals surface area contributed by atoms with Gasteiger partial charge in [0.05, 0.1) is 6.54 Å². The minimum absolute atomic E-state index is 0.00517. The third kappa shape index (κ3) is 8.95. The predicted octanol–water partition coefficient (Wildman–Crippen LogP) is -0.845. The average Bonchev–Trinajstić information content (AvgIpc) is 2.23. The zero-order valence-corrected chi connectivity index (χ0v) is 11.9. The van der Waals surface area contributed by atoms with Gasteiger partial charge in [-0.15, -0.1) is 0 Å². The number of amides is 2. The maximum atomic E-state index is 11.6. The van der Waals surface area contributed by atoms with Crippen LogP contribution in [0.5, 0.6) is 0 Å². The second-order valence-corrected chi connectivity index (χ2v) is 5.37. The Morgan fingerprint density at radius 1 is 1.22 bits per heavy atom. The van der Waals surface area contributed by atoms with E-state index in [1.165, 1.54) is 6.92 Å². The Bertz CT molecular complexity index is 279. The van der Waals surface area contributed by atoms with E-state index in [2.05, 4.69) is 24.5 Å². The molecule has 0 atom stereocenters. The molecule has 0 aliphatic heterocycles. The van der Waals surface area contributed by atoms with E-state index in [1.807, 2.05) is 11.9 Å². The van der Waals surface area contributed by atoms with Crippen molar-refractivity contribution < 1.29 is 9.59 Å². The first-order valence-electron chi connectivity index (χ1n) is 6.16. The van der Waals surface area contributed by atoms with Crippen LogP contribution in [0.4, 0.5) is 0 Å². The summed E-state index contributed by atoms with van der Waals surface area (Å²) in [6, 6.07) is 0. The number of carbonyl (C=O) groups excluding carboxylic acids is 2. The fourth-order valence-corrected chi connectivity index (χ4v) is 1.59. The second-order valence-electron chi connectivity index (χ2n) is 5.37. The van der Waals surface area contributed by atoms with Gasteiger partial charge in [-0.25, -0.2) is 0 Å².